The van der Waals surface area contributed by atoms with Crippen LogP contribution in [0.15, 0.2) is 28.7 Å². The zero-order valence-electron chi connectivity index (χ0n) is 9.73. The predicted octanol–water partition coefficient (Wildman–Crippen LogP) is 2.81. The number of para-hydroxylation sites is 1. The molecule has 86 valence electrons. The van der Waals surface area contributed by atoms with Crippen LogP contribution in [0.5, 0.6) is 0 Å². The smallest absolute Gasteiger partial charge is 0.137 e. The van der Waals surface area contributed by atoms with Crippen molar-refractivity contribution in [3.8, 4) is 0 Å². The van der Waals surface area contributed by atoms with Gasteiger partial charge in [0.05, 0.1) is 6.10 Å². The second kappa shape index (κ2) is 4.28. The number of hydrogen-bond acceptors (Lipinski definition) is 3. The molecule has 2 atom stereocenters. The van der Waals surface area contributed by atoms with Crippen LogP contribution in [0.4, 0.5) is 0 Å². The molecule has 2 rings (SSSR count). The quantitative estimate of drug-likeness (QED) is 0.864. The molecule has 1 N–H and O–H groups in total. The Bertz CT molecular complexity index is 487. The number of furan rings is 1. The third-order valence-electron chi connectivity index (χ3n) is 2.87. The van der Waals surface area contributed by atoms with Gasteiger partial charge in [0.2, 0.25) is 0 Å². The van der Waals surface area contributed by atoms with Crippen LogP contribution in [0.25, 0.3) is 11.0 Å². The molecule has 0 aliphatic rings. The molecule has 0 aliphatic heterocycles. The zero-order chi connectivity index (χ0) is 11.7. The van der Waals surface area contributed by atoms with E-state index in [9.17, 15) is 5.11 Å². The van der Waals surface area contributed by atoms with E-state index in [2.05, 4.69) is 0 Å². The van der Waals surface area contributed by atoms with Gasteiger partial charge in [-0.25, -0.2) is 0 Å². The Morgan fingerprint density at radius 3 is 2.75 bits per heavy atom. The molecule has 1 aromatic heterocycles. The molecule has 2 unspecified atom stereocenters. The number of benzene rings is 1. The summed E-state index contributed by atoms with van der Waals surface area (Å²) in [4.78, 5) is 0. The highest BCUT2D eigenvalue weighted by Crippen LogP contribution is 2.28. The maximum atomic E-state index is 9.96. The summed E-state index contributed by atoms with van der Waals surface area (Å²) in [7, 11) is 1.57. The van der Waals surface area contributed by atoms with Crippen molar-refractivity contribution in [2.75, 3.05) is 7.11 Å². The lowest BCUT2D eigenvalue weighted by Crippen LogP contribution is -2.15. The van der Waals surface area contributed by atoms with E-state index in [1.807, 2.05) is 38.1 Å². The molecule has 0 spiro atoms. The van der Waals surface area contributed by atoms with Crippen LogP contribution in [0.3, 0.4) is 0 Å². The number of ether oxygens (including phenoxy) is 1. The number of aliphatic hydroxyl groups excluding tert-OH is 1. The molecule has 0 saturated heterocycles. The fourth-order valence-electron chi connectivity index (χ4n) is 1.73. The Morgan fingerprint density at radius 2 is 2.12 bits per heavy atom. The molecule has 3 nitrogen and oxygen atoms in total. The van der Waals surface area contributed by atoms with Crippen LogP contribution in [-0.4, -0.2) is 18.3 Å². The van der Waals surface area contributed by atoms with Gasteiger partial charge in [-0.3, -0.25) is 0 Å². The lowest BCUT2D eigenvalue weighted by Gasteiger charge is -2.14. The van der Waals surface area contributed by atoms with Crippen molar-refractivity contribution in [1.82, 2.24) is 0 Å². The molecule has 0 saturated carbocycles. The molecule has 0 bridgehead atoms. The van der Waals surface area contributed by atoms with Crippen molar-refractivity contribution < 1.29 is 14.3 Å². The SMILES string of the molecule is COC(C)C(O)c1cc2cccc(C)c2o1. The summed E-state index contributed by atoms with van der Waals surface area (Å²) in [5, 5.41) is 11.0. The normalized spacial score (nSPS) is 15.2. The molecule has 1 aromatic carbocycles. The molecule has 0 amide bonds. The number of fused-ring (bicyclic) bond motifs is 1. The van der Waals surface area contributed by atoms with Crippen LogP contribution >= 0.6 is 0 Å². The number of aryl methyl sites for hydroxylation is 1. The summed E-state index contributed by atoms with van der Waals surface area (Å²) in [6.45, 7) is 3.80. The minimum atomic E-state index is -0.725. The molecule has 2 aromatic rings. The van der Waals surface area contributed by atoms with E-state index in [-0.39, 0.29) is 6.10 Å². The van der Waals surface area contributed by atoms with Gasteiger partial charge in [-0.05, 0) is 25.5 Å². The van der Waals surface area contributed by atoms with Gasteiger partial charge >= 0.3 is 0 Å². The topological polar surface area (TPSA) is 42.6 Å². The van der Waals surface area contributed by atoms with E-state index in [1.54, 1.807) is 7.11 Å². The number of aliphatic hydroxyl groups is 1. The maximum Gasteiger partial charge on any atom is 0.137 e. The van der Waals surface area contributed by atoms with Gasteiger partial charge in [-0.1, -0.05) is 18.2 Å². The van der Waals surface area contributed by atoms with Crippen molar-refractivity contribution in [2.24, 2.45) is 0 Å². The van der Waals surface area contributed by atoms with Crippen molar-refractivity contribution in [3.63, 3.8) is 0 Å². The number of rotatable bonds is 3. The first-order valence-corrected chi connectivity index (χ1v) is 5.33. The maximum absolute atomic E-state index is 9.96. The van der Waals surface area contributed by atoms with Crippen LogP contribution in [0.2, 0.25) is 0 Å². The van der Waals surface area contributed by atoms with Gasteiger partial charge < -0.3 is 14.3 Å². The highest BCUT2D eigenvalue weighted by Gasteiger charge is 2.20. The van der Waals surface area contributed by atoms with E-state index in [0.717, 1.165) is 16.5 Å². The third kappa shape index (κ3) is 1.84. The van der Waals surface area contributed by atoms with Crippen molar-refractivity contribution in [1.29, 1.82) is 0 Å². The first-order valence-electron chi connectivity index (χ1n) is 5.33. The van der Waals surface area contributed by atoms with Crippen molar-refractivity contribution in [3.05, 3.63) is 35.6 Å². The number of hydrogen-bond donors (Lipinski definition) is 1. The molecule has 0 fully saturated rings. The van der Waals surface area contributed by atoms with E-state index < -0.39 is 6.10 Å². The van der Waals surface area contributed by atoms with Crippen LogP contribution in [0, 0.1) is 6.92 Å². The molecule has 16 heavy (non-hydrogen) atoms. The first-order chi connectivity index (χ1) is 7.63. The lowest BCUT2D eigenvalue weighted by molar-refractivity contribution is -0.0114. The van der Waals surface area contributed by atoms with Gasteiger partial charge in [0.1, 0.15) is 17.4 Å². The molecule has 0 aliphatic carbocycles. The molecular weight excluding hydrogens is 204 g/mol. The van der Waals surface area contributed by atoms with Gasteiger partial charge in [0, 0.05) is 12.5 Å². The summed E-state index contributed by atoms with van der Waals surface area (Å²) < 4.78 is 10.7. The molecular formula is C13H16O3. The summed E-state index contributed by atoms with van der Waals surface area (Å²) in [6.07, 6.45) is -1.00. The molecule has 0 radical (unpaired) electrons. The average molecular weight is 220 g/mol. The summed E-state index contributed by atoms with van der Waals surface area (Å²) in [5.74, 6) is 0.554. The summed E-state index contributed by atoms with van der Waals surface area (Å²) in [6, 6.07) is 7.80. The van der Waals surface area contributed by atoms with E-state index in [1.165, 1.54) is 0 Å². The monoisotopic (exact) mass is 220 g/mol. The zero-order valence-corrected chi connectivity index (χ0v) is 9.73. The van der Waals surface area contributed by atoms with Crippen molar-refractivity contribution >= 4 is 11.0 Å². The largest absolute Gasteiger partial charge is 0.458 e. The van der Waals surface area contributed by atoms with Gasteiger partial charge in [-0.15, -0.1) is 0 Å². The predicted molar refractivity (Wildman–Crippen MR) is 62.4 cm³/mol. The second-order valence-electron chi connectivity index (χ2n) is 4.03. The summed E-state index contributed by atoms with van der Waals surface area (Å²) in [5.41, 5.74) is 1.90. The third-order valence-corrected chi connectivity index (χ3v) is 2.87. The second-order valence-corrected chi connectivity index (χ2v) is 4.03. The minimum absolute atomic E-state index is 0.277. The Labute approximate surface area is 94.6 Å². The van der Waals surface area contributed by atoms with E-state index >= 15 is 0 Å². The lowest BCUT2D eigenvalue weighted by atomic mass is 10.1. The molecule has 3 heteroatoms. The number of methoxy groups -OCH3 is 1. The average Bonchev–Trinajstić information content (AvgIpc) is 2.72. The Balaban J connectivity index is 2.43. The highest BCUT2D eigenvalue weighted by atomic mass is 16.5. The summed E-state index contributed by atoms with van der Waals surface area (Å²) >= 11 is 0. The fourth-order valence-corrected chi connectivity index (χ4v) is 1.73. The Kier molecular flexibility index (Phi) is 2.99. The van der Waals surface area contributed by atoms with Crippen molar-refractivity contribution in [2.45, 2.75) is 26.1 Å². The van der Waals surface area contributed by atoms with Crippen LogP contribution in [0.1, 0.15) is 24.4 Å². The Hall–Kier alpha value is -1.32. The van der Waals surface area contributed by atoms with Gasteiger partial charge in [0.15, 0.2) is 0 Å². The van der Waals surface area contributed by atoms with E-state index in [4.69, 9.17) is 9.15 Å². The van der Waals surface area contributed by atoms with Gasteiger partial charge in [-0.2, -0.15) is 0 Å². The Morgan fingerprint density at radius 1 is 1.38 bits per heavy atom. The van der Waals surface area contributed by atoms with Gasteiger partial charge in [0.25, 0.3) is 0 Å². The highest BCUT2D eigenvalue weighted by molar-refractivity contribution is 5.80. The standard InChI is InChI=1S/C13H16O3/c1-8-5-4-6-10-7-11(16-13(8)10)12(14)9(2)15-3/h4-7,9,12,14H,1-3H3. The fraction of sp³-hybridized carbons (Fsp3) is 0.385. The van der Waals surface area contributed by atoms with Crippen LogP contribution in [-0.2, 0) is 4.74 Å². The van der Waals surface area contributed by atoms with Crippen LogP contribution < -0.4 is 0 Å². The minimum Gasteiger partial charge on any atom is -0.458 e. The first kappa shape index (κ1) is 11.2. The molecule has 1 heterocycles. The van der Waals surface area contributed by atoms with E-state index in [0.29, 0.717) is 5.76 Å².